The number of hydrogen-bond acceptors (Lipinski definition) is 12. The number of anilines is 2. The first kappa shape index (κ1) is 46.4. The van der Waals surface area contributed by atoms with Crippen molar-refractivity contribution < 1.29 is 34.9 Å². The molecule has 0 atom stereocenters. The minimum absolute atomic E-state index is 0.0172. The minimum Gasteiger partial charge on any atom is -0.399 e. The summed E-state index contributed by atoms with van der Waals surface area (Å²) in [6, 6.07) is 15.6. The molecule has 64 heavy (non-hydrogen) atoms. The summed E-state index contributed by atoms with van der Waals surface area (Å²) in [5.74, 6) is 0.151. The third-order valence-electron chi connectivity index (χ3n) is 9.79. The van der Waals surface area contributed by atoms with Crippen LogP contribution in [-0.2, 0) is 29.4 Å². The van der Waals surface area contributed by atoms with Gasteiger partial charge >= 0.3 is 7.12 Å². The molecule has 1 aliphatic rings. The summed E-state index contributed by atoms with van der Waals surface area (Å²) in [7, 11) is -8.63. The lowest BCUT2D eigenvalue weighted by molar-refractivity contribution is 0.00578. The maximum absolute atomic E-state index is 13.0. The van der Waals surface area contributed by atoms with Crippen LogP contribution >= 0.6 is 39.1 Å². The molecule has 330 valence electrons. The molecule has 0 radical (unpaired) electrons. The maximum Gasteiger partial charge on any atom is 0.496 e. The number of hydrogen-bond donors (Lipinski definition) is 2. The Labute approximate surface area is 384 Å². The Morgan fingerprint density at radius 1 is 0.641 bits per heavy atom. The monoisotopic (exact) mass is 1010 g/mol. The van der Waals surface area contributed by atoms with Gasteiger partial charge in [0.15, 0.2) is 10.3 Å². The van der Waals surface area contributed by atoms with Crippen LogP contribution < -0.4 is 14.9 Å². The average Bonchev–Trinajstić information content (AvgIpc) is 3.92. The molecular weight excluding hydrogens is 980 g/mol. The predicted octanol–water partition coefficient (Wildman–Crippen LogP) is 7.85. The first-order valence-electron chi connectivity index (χ1n) is 18.7. The van der Waals surface area contributed by atoms with Crippen LogP contribution in [0.4, 0.5) is 20.2 Å². The van der Waals surface area contributed by atoms with Gasteiger partial charge in [0.25, 0.3) is 20.0 Å². The maximum atomic E-state index is 13.0. The molecule has 0 bridgehead atoms. The summed E-state index contributed by atoms with van der Waals surface area (Å²) >= 11 is 15.4. The summed E-state index contributed by atoms with van der Waals surface area (Å²) < 4.78 is 97.4. The number of pyridine rings is 2. The van der Waals surface area contributed by atoms with Gasteiger partial charge in [-0.3, -0.25) is 18.2 Å². The van der Waals surface area contributed by atoms with Crippen molar-refractivity contribution in [1.82, 2.24) is 38.7 Å². The molecule has 1 aliphatic heterocycles. The van der Waals surface area contributed by atoms with Crippen molar-refractivity contribution in [3.8, 4) is 11.3 Å². The zero-order chi connectivity index (χ0) is 46.0. The molecule has 1 saturated heterocycles. The van der Waals surface area contributed by atoms with Crippen LogP contribution in [0.2, 0.25) is 10.3 Å². The number of halogens is 5. The van der Waals surface area contributed by atoms with E-state index in [-0.39, 0.29) is 31.5 Å². The molecule has 1 fully saturated rings. The van der Waals surface area contributed by atoms with E-state index in [1.165, 1.54) is 30.6 Å². The fourth-order valence-electron chi connectivity index (χ4n) is 5.78. The highest BCUT2D eigenvalue weighted by Crippen LogP contribution is 2.37. The molecule has 0 spiro atoms. The first-order chi connectivity index (χ1) is 30.2. The predicted molar refractivity (Wildman–Crippen MR) is 241 cm³/mol. The first-order valence-corrected chi connectivity index (χ1v) is 23.2. The van der Waals surface area contributed by atoms with Gasteiger partial charge in [-0.05, 0) is 116 Å². The van der Waals surface area contributed by atoms with Gasteiger partial charge in [-0.1, -0.05) is 23.2 Å². The number of nitrogens with zero attached hydrogens (tertiary/aromatic N) is 8. The summed E-state index contributed by atoms with van der Waals surface area (Å²) in [6.45, 7) is 7.64. The third kappa shape index (κ3) is 10.3. The van der Waals surface area contributed by atoms with Crippen LogP contribution in [0.3, 0.4) is 0 Å². The van der Waals surface area contributed by atoms with Crippen molar-refractivity contribution in [2.75, 3.05) is 9.44 Å². The van der Waals surface area contributed by atoms with E-state index in [0.717, 1.165) is 46.8 Å². The Kier molecular flexibility index (Phi) is 13.4. The van der Waals surface area contributed by atoms with Gasteiger partial charge in [0.2, 0.25) is 11.6 Å². The second kappa shape index (κ2) is 18.5. The van der Waals surface area contributed by atoms with E-state index in [0.29, 0.717) is 22.5 Å². The largest absolute Gasteiger partial charge is 0.496 e. The minimum atomic E-state index is -3.96. The number of fused-ring (bicyclic) bond motifs is 2. The lowest BCUT2D eigenvalue weighted by Gasteiger charge is -2.32. The number of rotatable bonds is 8. The second-order valence-corrected chi connectivity index (χ2v) is 19.6. The highest BCUT2D eigenvalue weighted by Gasteiger charge is 2.52. The molecule has 2 aromatic carbocycles. The SMILES string of the molecule is Brc1cnc2ncccn12.CC1(C)OB(c2cnc(Cl)c(NS(=O)(=O)c3ccc(F)cc3)c2)OC1(C)C.O=S(=O)(Nc1cc(-c2cnc3ncccn23)cnc1Cl)c1ccc(F)cc1. The molecule has 24 heteroatoms. The number of nitrogens with one attached hydrogen (secondary N) is 2. The normalized spacial score (nSPS) is 14.4. The van der Waals surface area contributed by atoms with Crippen LogP contribution in [-0.4, -0.2) is 73.9 Å². The van der Waals surface area contributed by atoms with E-state index in [1.807, 2.05) is 44.4 Å². The highest BCUT2D eigenvalue weighted by atomic mass is 79.9. The summed E-state index contributed by atoms with van der Waals surface area (Å²) in [5, 5.41) is -0.0441. The quantitative estimate of drug-likeness (QED) is 0.111. The molecule has 2 N–H and O–H groups in total. The van der Waals surface area contributed by atoms with Gasteiger partial charge in [0, 0.05) is 48.2 Å². The summed E-state index contributed by atoms with van der Waals surface area (Å²) in [5.41, 5.74) is 0.859. The van der Waals surface area contributed by atoms with Crippen LogP contribution in [0.25, 0.3) is 22.8 Å². The van der Waals surface area contributed by atoms with E-state index in [2.05, 4.69) is 55.3 Å². The Bertz CT molecular complexity index is 3190. The van der Waals surface area contributed by atoms with Crippen molar-refractivity contribution in [2.24, 2.45) is 0 Å². The fourth-order valence-corrected chi connectivity index (χ4v) is 8.69. The standard InChI is InChI=1S/C17H19BClFN2O4S.C17H11ClFN5O2S.C6H4BrN3/c1-16(2)17(3,4)26-18(25-16)11-9-14(15(19)21-10-11)22-27(23,24)13-7-5-12(20)6-8-13;18-16-14(23-27(25,26)13-4-2-12(19)3-5-13)8-11(9-21-16)15-10-22-17-20-6-1-7-24(15)17;7-5-4-9-6-8-2-1-3-10(5)6/h5-10,22H,1-4H3;1-10,23H;1-4H. The van der Waals surface area contributed by atoms with Gasteiger partial charge in [-0.15, -0.1) is 0 Å². The molecule has 9 rings (SSSR count). The van der Waals surface area contributed by atoms with E-state index < -0.39 is 50.0 Å². The second-order valence-electron chi connectivity index (χ2n) is 14.7. The van der Waals surface area contributed by atoms with Crippen molar-refractivity contribution in [1.29, 1.82) is 0 Å². The van der Waals surface area contributed by atoms with Crippen LogP contribution in [0.5, 0.6) is 0 Å². The van der Waals surface area contributed by atoms with E-state index >= 15 is 0 Å². The Morgan fingerprint density at radius 2 is 1.11 bits per heavy atom. The number of imidazole rings is 2. The van der Waals surface area contributed by atoms with Crippen molar-refractivity contribution in [3.05, 3.63) is 149 Å². The molecule has 0 unspecified atom stereocenters. The zero-order valence-electron chi connectivity index (χ0n) is 33.9. The highest BCUT2D eigenvalue weighted by molar-refractivity contribution is 9.10. The molecule has 16 nitrogen and oxygen atoms in total. The Morgan fingerprint density at radius 3 is 1.64 bits per heavy atom. The molecular formula is C40H34BBrCl2F2N10O6S2. The molecule has 0 amide bonds. The lowest BCUT2D eigenvalue weighted by atomic mass is 9.80. The van der Waals surface area contributed by atoms with E-state index in [9.17, 15) is 25.6 Å². The third-order valence-corrected chi connectivity index (χ3v) is 13.7. The van der Waals surface area contributed by atoms with Gasteiger partial charge in [-0.2, -0.15) is 0 Å². The van der Waals surface area contributed by atoms with Gasteiger partial charge in [0.1, 0.15) is 16.2 Å². The van der Waals surface area contributed by atoms with Gasteiger partial charge in [-0.25, -0.2) is 55.5 Å². The van der Waals surface area contributed by atoms with Crippen LogP contribution in [0.15, 0.2) is 137 Å². The number of sulfonamides is 2. The Balaban J connectivity index is 0.000000157. The van der Waals surface area contributed by atoms with Gasteiger partial charge < -0.3 is 9.31 Å². The number of aromatic nitrogens is 8. The van der Waals surface area contributed by atoms with Crippen molar-refractivity contribution in [2.45, 2.75) is 48.7 Å². The van der Waals surface area contributed by atoms with E-state index in [1.54, 1.807) is 47.5 Å². The van der Waals surface area contributed by atoms with Gasteiger partial charge in [0.05, 0.1) is 50.5 Å². The smallest absolute Gasteiger partial charge is 0.399 e. The summed E-state index contributed by atoms with van der Waals surface area (Å²) in [6.07, 6.45) is 13.3. The van der Waals surface area contributed by atoms with Crippen molar-refractivity contribution >= 4 is 94.7 Å². The zero-order valence-corrected chi connectivity index (χ0v) is 38.6. The molecule has 7 heterocycles. The molecule has 0 aliphatic carbocycles. The van der Waals surface area contributed by atoms with Crippen LogP contribution in [0.1, 0.15) is 27.7 Å². The fraction of sp³-hybridized carbons (Fsp3) is 0.150. The average molecular weight is 1010 g/mol. The van der Waals surface area contributed by atoms with Crippen LogP contribution in [0, 0.1) is 11.6 Å². The topological polar surface area (TPSA) is 197 Å². The summed E-state index contributed by atoms with van der Waals surface area (Å²) in [4.78, 5) is 24.3. The molecule has 0 saturated carbocycles. The Hall–Kier alpha value is -5.62. The lowest BCUT2D eigenvalue weighted by Crippen LogP contribution is -2.41. The van der Waals surface area contributed by atoms with E-state index in [4.69, 9.17) is 32.5 Å². The molecule has 8 aromatic rings. The van der Waals surface area contributed by atoms with Crippen molar-refractivity contribution in [3.63, 3.8) is 0 Å². The number of benzene rings is 2. The molecule has 6 aromatic heterocycles.